The molecule has 1 saturated carbocycles. The van der Waals surface area contributed by atoms with Crippen LogP contribution in [-0.2, 0) is 6.42 Å². The first-order valence-electron chi connectivity index (χ1n) is 4.73. The van der Waals surface area contributed by atoms with Gasteiger partial charge in [-0.1, -0.05) is 19.3 Å². The maximum absolute atomic E-state index is 8.58. The van der Waals surface area contributed by atoms with E-state index >= 15 is 0 Å². The smallest absolute Gasteiger partial charge is 0.101 e. The van der Waals surface area contributed by atoms with Gasteiger partial charge in [0.05, 0.1) is 5.56 Å². The van der Waals surface area contributed by atoms with Crippen LogP contribution in [0.25, 0.3) is 0 Å². The molecule has 1 fully saturated rings. The maximum Gasteiger partial charge on any atom is 0.101 e. The van der Waals surface area contributed by atoms with Crippen molar-refractivity contribution in [3.05, 3.63) is 29.6 Å². The van der Waals surface area contributed by atoms with Crippen molar-refractivity contribution in [2.45, 2.75) is 25.7 Å². The maximum atomic E-state index is 8.58. The number of nitriles is 1. The minimum Gasteiger partial charge on any atom is -0.260 e. The normalized spacial score (nSPS) is 16.2. The average molecular weight is 172 g/mol. The van der Waals surface area contributed by atoms with E-state index in [-0.39, 0.29) is 0 Å². The molecule has 0 unspecified atom stereocenters. The SMILES string of the molecule is N#Cc1ccc(CC2CCC2)nc1. The Hall–Kier alpha value is -1.36. The van der Waals surface area contributed by atoms with Crippen molar-refractivity contribution in [1.82, 2.24) is 4.98 Å². The van der Waals surface area contributed by atoms with E-state index in [0.29, 0.717) is 5.56 Å². The summed E-state index contributed by atoms with van der Waals surface area (Å²) in [6, 6.07) is 5.89. The fourth-order valence-electron chi connectivity index (χ4n) is 1.60. The van der Waals surface area contributed by atoms with Crippen LogP contribution in [0.1, 0.15) is 30.5 Å². The summed E-state index contributed by atoms with van der Waals surface area (Å²) < 4.78 is 0. The number of aromatic nitrogens is 1. The zero-order valence-corrected chi connectivity index (χ0v) is 7.53. The van der Waals surface area contributed by atoms with Gasteiger partial charge in [-0.05, 0) is 24.5 Å². The highest BCUT2D eigenvalue weighted by Gasteiger charge is 2.17. The van der Waals surface area contributed by atoms with Gasteiger partial charge in [-0.2, -0.15) is 5.26 Å². The molecule has 1 aliphatic rings. The zero-order chi connectivity index (χ0) is 9.10. The summed E-state index contributed by atoms with van der Waals surface area (Å²) in [4.78, 5) is 4.25. The van der Waals surface area contributed by atoms with E-state index < -0.39 is 0 Å². The molecule has 0 N–H and O–H groups in total. The van der Waals surface area contributed by atoms with Crippen LogP contribution in [0.15, 0.2) is 18.3 Å². The van der Waals surface area contributed by atoms with Crippen molar-refractivity contribution >= 4 is 0 Å². The molecule has 0 aliphatic heterocycles. The number of pyridine rings is 1. The van der Waals surface area contributed by atoms with E-state index in [1.165, 1.54) is 19.3 Å². The fraction of sp³-hybridized carbons (Fsp3) is 0.455. The number of nitrogens with zero attached hydrogens (tertiary/aromatic N) is 2. The average Bonchev–Trinajstić information content (AvgIpc) is 2.12. The topological polar surface area (TPSA) is 36.7 Å². The highest BCUT2D eigenvalue weighted by molar-refractivity contribution is 5.26. The van der Waals surface area contributed by atoms with Crippen LogP contribution in [-0.4, -0.2) is 4.98 Å². The van der Waals surface area contributed by atoms with E-state index in [1.54, 1.807) is 6.20 Å². The molecule has 0 spiro atoms. The molecule has 0 atom stereocenters. The third-order valence-electron chi connectivity index (χ3n) is 2.68. The Kier molecular flexibility index (Phi) is 2.27. The van der Waals surface area contributed by atoms with E-state index in [0.717, 1.165) is 18.0 Å². The van der Waals surface area contributed by atoms with Gasteiger partial charge >= 0.3 is 0 Å². The van der Waals surface area contributed by atoms with Gasteiger partial charge in [-0.15, -0.1) is 0 Å². The van der Waals surface area contributed by atoms with Crippen LogP contribution in [0.4, 0.5) is 0 Å². The van der Waals surface area contributed by atoms with Gasteiger partial charge in [0.25, 0.3) is 0 Å². The van der Waals surface area contributed by atoms with Gasteiger partial charge in [0.15, 0.2) is 0 Å². The van der Waals surface area contributed by atoms with Gasteiger partial charge in [-0.3, -0.25) is 4.98 Å². The second kappa shape index (κ2) is 3.57. The van der Waals surface area contributed by atoms with Crippen molar-refractivity contribution in [2.24, 2.45) is 5.92 Å². The Balaban J connectivity index is 2.01. The third-order valence-corrected chi connectivity index (χ3v) is 2.68. The molecule has 2 rings (SSSR count). The van der Waals surface area contributed by atoms with E-state index in [9.17, 15) is 0 Å². The van der Waals surface area contributed by atoms with Crippen molar-refractivity contribution in [3.63, 3.8) is 0 Å². The monoisotopic (exact) mass is 172 g/mol. The van der Waals surface area contributed by atoms with Crippen LogP contribution < -0.4 is 0 Å². The molecular formula is C11H12N2. The van der Waals surface area contributed by atoms with Gasteiger partial charge in [0.1, 0.15) is 6.07 Å². The van der Waals surface area contributed by atoms with Crippen molar-refractivity contribution in [2.75, 3.05) is 0 Å². The number of hydrogen-bond acceptors (Lipinski definition) is 2. The van der Waals surface area contributed by atoms with Crippen LogP contribution >= 0.6 is 0 Å². The first-order chi connectivity index (χ1) is 6.38. The molecule has 0 amide bonds. The van der Waals surface area contributed by atoms with E-state index in [4.69, 9.17) is 5.26 Å². The molecule has 1 aliphatic carbocycles. The van der Waals surface area contributed by atoms with Crippen LogP contribution in [0.2, 0.25) is 0 Å². The summed E-state index contributed by atoms with van der Waals surface area (Å²) in [6.45, 7) is 0. The number of hydrogen-bond donors (Lipinski definition) is 0. The summed E-state index contributed by atoms with van der Waals surface area (Å²) in [6.07, 6.45) is 6.82. The van der Waals surface area contributed by atoms with Crippen molar-refractivity contribution in [3.8, 4) is 6.07 Å². The Bertz CT molecular complexity index is 317. The molecule has 2 nitrogen and oxygen atoms in total. The zero-order valence-electron chi connectivity index (χ0n) is 7.53. The molecule has 13 heavy (non-hydrogen) atoms. The Morgan fingerprint density at radius 3 is 2.77 bits per heavy atom. The Labute approximate surface area is 78.2 Å². The van der Waals surface area contributed by atoms with Crippen LogP contribution in [0.5, 0.6) is 0 Å². The Morgan fingerprint density at radius 2 is 2.31 bits per heavy atom. The molecule has 2 heteroatoms. The second-order valence-electron chi connectivity index (χ2n) is 3.65. The van der Waals surface area contributed by atoms with Gasteiger partial charge in [0, 0.05) is 11.9 Å². The molecule has 1 aromatic rings. The lowest BCUT2D eigenvalue weighted by Gasteiger charge is -2.24. The first kappa shape index (κ1) is 8.25. The second-order valence-corrected chi connectivity index (χ2v) is 3.65. The Morgan fingerprint density at radius 1 is 1.46 bits per heavy atom. The quantitative estimate of drug-likeness (QED) is 0.686. The molecule has 0 bridgehead atoms. The molecule has 1 heterocycles. The molecule has 0 saturated heterocycles. The summed E-state index contributed by atoms with van der Waals surface area (Å²) in [7, 11) is 0. The largest absolute Gasteiger partial charge is 0.260 e. The number of rotatable bonds is 2. The summed E-state index contributed by atoms with van der Waals surface area (Å²) in [5.74, 6) is 0.848. The molecule has 1 aromatic heterocycles. The first-order valence-corrected chi connectivity index (χ1v) is 4.73. The van der Waals surface area contributed by atoms with E-state index in [2.05, 4.69) is 11.1 Å². The van der Waals surface area contributed by atoms with Gasteiger partial charge in [-0.25, -0.2) is 0 Å². The van der Waals surface area contributed by atoms with Crippen molar-refractivity contribution < 1.29 is 0 Å². The highest BCUT2D eigenvalue weighted by atomic mass is 14.7. The van der Waals surface area contributed by atoms with Crippen LogP contribution in [0.3, 0.4) is 0 Å². The molecular weight excluding hydrogens is 160 g/mol. The summed E-state index contributed by atoms with van der Waals surface area (Å²) >= 11 is 0. The predicted octanol–water partition coefficient (Wildman–Crippen LogP) is 2.30. The molecule has 66 valence electrons. The predicted molar refractivity (Wildman–Crippen MR) is 50.0 cm³/mol. The summed E-state index contributed by atoms with van der Waals surface area (Å²) in [5, 5.41) is 8.58. The minimum atomic E-state index is 0.650. The van der Waals surface area contributed by atoms with Crippen molar-refractivity contribution in [1.29, 1.82) is 5.26 Å². The minimum absolute atomic E-state index is 0.650. The van der Waals surface area contributed by atoms with Gasteiger partial charge < -0.3 is 0 Å². The summed E-state index contributed by atoms with van der Waals surface area (Å²) in [5.41, 5.74) is 1.78. The molecule has 0 aromatic carbocycles. The van der Waals surface area contributed by atoms with Crippen LogP contribution in [0, 0.1) is 17.2 Å². The highest BCUT2D eigenvalue weighted by Crippen LogP contribution is 2.29. The lowest BCUT2D eigenvalue weighted by Crippen LogP contribution is -2.14. The third kappa shape index (κ3) is 1.86. The fourth-order valence-corrected chi connectivity index (χ4v) is 1.60. The molecule has 0 radical (unpaired) electrons. The van der Waals surface area contributed by atoms with Gasteiger partial charge in [0.2, 0.25) is 0 Å². The lowest BCUT2D eigenvalue weighted by molar-refractivity contribution is 0.312. The van der Waals surface area contributed by atoms with E-state index in [1.807, 2.05) is 12.1 Å². The lowest BCUT2D eigenvalue weighted by atomic mass is 9.82. The standard InChI is InChI=1S/C11H12N2/c12-7-10-4-5-11(13-8-10)6-9-2-1-3-9/h4-5,8-9H,1-3,6H2.